The molecule has 0 radical (unpaired) electrons. The van der Waals surface area contributed by atoms with Crippen LogP contribution in [0.15, 0.2) is 12.2 Å². The maximum atomic E-state index is 13.7. The van der Waals surface area contributed by atoms with Crippen LogP contribution in [0.2, 0.25) is 0 Å². The first kappa shape index (κ1) is 13.3. The number of allylic oxidation sites excluding steroid dienone is 1. The summed E-state index contributed by atoms with van der Waals surface area (Å²) in [5.74, 6) is -11.5. The number of aliphatic hydroxyl groups excluding tert-OH is 1. The summed E-state index contributed by atoms with van der Waals surface area (Å²) in [5.41, 5.74) is 0. The summed E-state index contributed by atoms with van der Waals surface area (Å²) >= 11 is 0. The Kier molecular flexibility index (Phi) is 2.43. The molecular weight excluding hydrogens is 275 g/mol. The van der Waals surface area contributed by atoms with Crippen LogP contribution in [0.1, 0.15) is 6.42 Å². The van der Waals surface area contributed by atoms with Crippen molar-refractivity contribution >= 4 is 0 Å². The topological polar surface area (TPSA) is 49.7 Å². The summed E-state index contributed by atoms with van der Waals surface area (Å²) in [6.07, 6.45) is -5.97. The number of hydrogen-bond acceptors (Lipinski definition) is 3. The standard InChI is InChI=1S/C11H11F5O3/c12-9(13)8(17)6-4-1-2-5(3-4)7(6)19-10(9,18)11(14,15)16/h1-2,4-8,17-18H,3H2. The van der Waals surface area contributed by atoms with E-state index in [4.69, 9.17) is 0 Å². The van der Waals surface area contributed by atoms with Crippen LogP contribution in [-0.2, 0) is 4.74 Å². The molecule has 8 heteroatoms. The zero-order valence-corrected chi connectivity index (χ0v) is 9.44. The predicted molar refractivity (Wildman–Crippen MR) is 51.1 cm³/mol. The predicted octanol–water partition coefficient (Wildman–Crippen LogP) is 1.45. The third kappa shape index (κ3) is 1.42. The highest BCUT2D eigenvalue weighted by Gasteiger charge is 2.79. The monoisotopic (exact) mass is 286 g/mol. The van der Waals surface area contributed by atoms with E-state index < -0.39 is 47.8 Å². The van der Waals surface area contributed by atoms with Crippen LogP contribution >= 0.6 is 0 Å². The van der Waals surface area contributed by atoms with Crippen molar-refractivity contribution in [3.05, 3.63) is 12.2 Å². The Balaban J connectivity index is 2.04. The molecule has 6 unspecified atom stereocenters. The Morgan fingerprint density at radius 3 is 2.32 bits per heavy atom. The van der Waals surface area contributed by atoms with E-state index >= 15 is 0 Å². The average Bonchev–Trinajstić information content (AvgIpc) is 2.85. The first-order chi connectivity index (χ1) is 8.59. The van der Waals surface area contributed by atoms with Gasteiger partial charge in [0.15, 0.2) is 0 Å². The van der Waals surface area contributed by atoms with Crippen molar-refractivity contribution in [1.29, 1.82) is 0 Å². The minimum absolute atomic E-state index is 0.358. The van der Waals surface area contributed by atoms with E-state index in [1.807, 2.05) is 0 Å². The smallest absolute Gasteiger partial charge is 0.386 e. The highest BCUT2D eigenvalue weighted by atomic mass is 19.4. The molecule has 0 aromatic heterocycles. The van der Waals surface area contributed by atoms with Gasteiger partial charge < -0.3 is 14.9 Å². The molecule has 0 aromatic rings. The van der Waals surface area contributed by atoms with Crippen molar-refractivity contribution in [2.24, 2.45) is 17.8 Å². The molecule has 0 aromatic carbocycles. The summed E-state index contributed by atoms with van der Waals surface area (Å²) in [6, 6.07) is 0. The van der Waals surface area contributed by atoms with Crippen LogP contribution in [0.25, 0.3) is 0 Å². The molecule has 3 aliphatic rings. The molecule has 3 rings (SSSR count). The minimum atomic E-state index is -5.69. The first-order valence-corrected chi connectivity index (χ1v) is 5.81. The van der Waals surface area contributed by atoms with Crippen LogP contribution < -0.4 is 0 Å². The van der Waals surface area contributed by atoms with Gasteiger partial charge in [0, 0.05) is 11.8 Å². The van der Waals surface area contributed by atoms with Crippen molar-refractivity contribution in [1.82, 2.24) is 0 Å². The minimum Gasteiger partial charge on any atom is -0.386 e. The molecule has 2 aliphatic carbocycles. The lowest BCUT2D eigenvalue weighted by atomic mass is 9.78. The summed E-state index contributed by atoms with van der Waals surface area (Å²) in [7, 11) is 0. The van der Waals surface area contributed by atoms with Gasteiger partial charge in [-0.05, 0) is 12.3 Å². The largest absolute Gasteiger partial charge is 0.449 e. The highest BCUT2D eigenvalue weighted by Crippen LogP contribution is 2.58. The van der Waals surface area contributed by atoms with Gasteiger partial charge in [0.1, 0.15) is 6.10 Å². The summed E-state index contributed by atoms with van der Waals surface area (Å²) in [4.78, 5) is 0. The second-order valence-electron chi connectivity index (χ2n) is 5.32. The maximum absolute atomic E-state index is 13.7. The van der Waals surface area contributed by atoms with E-state index in [1.165, 1.54) is 0 Å². The second-order valence-corrected chi connectivity index (χ2v) is 5.32. The normalized spacial score (nSPS) is 51.4. The van der Waals surface area contributed by atoms with E-state index in [0.717, 1.165) is 0 Å². The summed E-state index contributed by atoms with van der Waals surface area (Å²) in [6.45, 7) is 0. The Morgan fingerprint density at radius 2 is 1.74 bits per heavy atom. The van der Waals surface area contributed by atoms with Gasteiger partial charge in [-0.2, -0.15) is 22.0 Å². The van der Waals surface area contributed by atoms with Crippen molar-refractivity contribution in [2.45, 2.75) is 36.5 Å². The molecule has 1 saturated carbocycles. The molecule has 1 heterocycles. The molecule has 3 nitrogen and oxygen atoms in total. The maximum Gasteiger partial charge on any atom is 0.449 e. The lowest BCUT2D eigenvalue weighted by Gasteiger charge is -2.49. The Labute approximate surface area is 104 Å². The van der Waals surface area contributed by atoms with Crippen LogP contribution in [0, 0.1) is 17.8 Å². The quantitative estimate of drug-likeness (QED) is 0.523. The lowest BCUT2D eigenvalue weighted by Crippen LogP contribution is -2.72. The molecule has 2 fully saturated rings. The van der Waals surface area contributed by atoms with E-state index in [9.17, 15) is 32.2 Å². The molecule has 2 bridgehead atoms. The molecular formula is C11H11F5O3. The fourth-order valence-corrected chi connectivity index (χ4v) is 3.37. The molecule has 19 heavy (non-hydrogen) atoms. The van der Waals surface area contributed by atoms with Crippen molar-refractivity contribution in [2.75, 3.05) is 0 Å². The number of halogens is 5. The second kappa shape index (κ2) is 3.48. The number of fused-ring (bicyclic) bond motifs is 5. The van der Waals surface area contributed by atoms with E-state index in [1.54, 1.807) is 12.2 Å². The lowest BCUT2D eigenvalue weighted by molar-refractivity contribution is -0.476. The molecule has 0 amide bonds. The Bertz CT molecular complexity index is 435. The van der Waals surface area contributed by atoms with Crippen LogP contribution in [0.5, 0.6) is 0 Å². The SMILES string of the molecule is OC1C2C3C=CC(C3)C2OC(O)(C(F)(F)F)C1(F)F. The van der Waals surface area contributed by atoms with Gasteiger partial charge in [0.05, 0.1) is 6.10 Å². The average molecular weight is 286 g/mol. The zero-order chi connectivity index (χ0) is 14.2. The molecule has 6 atom stereocenters. The number of alkyl halides is 5. The highest BCUT2D eigenvalue weighted by molar-refractivity contribution is 5.20. The van der Waals surface area contributed by atoms with Gasteiger partial charge in [-0.15, -0.1) is 0 Å². The third-order valence-corrected chi connectivity index (χ3v) is 4.32. The van der Waals surface area contributed by atoms with E-state index in [0.29, 0.717) is 6.42 Å². The van der Waals surface area contributed by atoms with Gasteiger partial charge in [-0.3, -0.25) is 0 Å². The van der Waals surface area contributed by atoms with E-state index in [-0.39, 0.29) is 0 Å². The van der Waals surface area contributed by atoms with E-state index in [2.05, 4.69) is 4.74 Å². The Hall–Kier alpha value is -0.730. The number of rotatable bonds is 0. The number of aliphatic hydroxyl groups is 2. The third-order valence-electron chi connectivity index (χ3n) is 4.32. The van der Waals surface area contributed by atoms with Gasteiger partial charge >= 0.3 is 17.9 Å². The Morgan fingerprint density at radius 1 is 1.16 bits per heavy atom. The number of hydrogen-bond donors (Lipinski definition) is 2. The van der Waals surface area contributed by atoms with Gasteiger partial charge in [0.25, 0.3) is 0 Å². The molecule has 108 valence electrons. The molecule has 2 N–H and O–H groups in total. The van der Waals surface area contributed by atoms with Crippen LogP contribution in [0.3, 0.4) is 0 Å². The molecule has 1 saturated heterocycles. The summed E-state index contributed by atoms with van der Waals surface area (Å²) < 4.78 is 70.0. The molecule has 0 spiro atoms. The van der Waals surface area contributed by atoms with Gasteiger partial charge in [0.2, 0.25) is 0 Å². The van der Waals surface area contributed by atoms with Crippen molar-refractivity contribution in [3.8, 4) is 0 Å². The van der Waals surface area contributed by atoms with Gasteiger partial charge in [-0.25, -0.2) is 0 Å². The van der Waals surface area contributed by atoms with Crippen molar-refractivity contribution < 1.29 is 36.9 Å². The van der Waals surface area contributed by atoms with Crippen LogP contribution in [-0.4, -0.2) is 40.3 Å². The fourth-order valence-electron chi connectivity index (χ4n) is 3.37. The fraction of sp³-hybridized carbons (Fsp3) is 0.818. The van der Waals surface area contributed by atoms with Gasteiger partial charge in [-0.1, -0.05) is 12.2 Å². The first-order valence-electron chi connectivity index (χ1n) is 5.81. The molecule has 1 aliphatic heterocycles. The zero-order valence-electron chi connectivity index (χ0n) is 9.44. The number of ether oxygens (including phenoxy) is 1. The van der Waals surface area contributed by atoms with Crippen LogP contribution in [0.4, 0.5) is 22.0 Å². The summed E-state index contributed by atoms with van der Waals surface area (Å²) in [5, 5.41) is 18.9. The van der Waals surface area contributed by atoms with Crippen molar-refractivity contribution in [3.63, 3.8) is 0 Å².